The molecule has 1 aliphatic rings. The predicted octanol–water partition coefficient (Wildman–Crippen LogP) is 0.331. The summed E-state index contributed by atoms with van der Waals surface area (Å²) in [6, 6.07) is 2.24. The molecule has 7 heteroatoms. The first-order chi connectivity index (χ1) is 9.50. The van der Waals surface area contributed by atoms with Crippen molar-refractivity contribution in [1.29, 1.82) is 0 Å². The van der Waals surface area contributed by atoms with Crippen molar-refractivity contribution in [2.24, 2.45) is 5.92 Å². The van der Waals surface area contributed by atoms with Crippen molar-refractivity contribution in [2.75, 3.05) is 13.1 Å². The molecular formula is C13H16N2O5. The van der Waals surface area contributed by atoms with E-state index >= 15 is 0 Å². The van der Waals surface area contributed by atoms with Gasteiger partial charge in [-0.15, -0.1) is 0 Å². The Kier molecular flexibility index (Phi) is 4.07. The minimum atomic E-state index is -1.01. The van der Waals surface area contributed by atoms with Crippen LogP contribution in [-0.4, -0.2) is 46.9 Å². The van der Waals surface area contributed by atoms with E-state index in [0.717, 1.165) is 0 Å². The van der Waals surface area contributed by atoms with Crippen molar-refractivity contribution in [2.45, 2.75) is 19.4 Å². The second-order valence-corrected chi connectivity index (χ2v) is 4.80. The number of carbonyl (C=O) groups is 3. The quantitative estimate of drug-likeness (QED) is 0.828. The van der Waals surface area contributed by atoms with Crippen molar-refractivity contribution in [3.05, 3.63) is 24.2 Å². The summed E-state index contributed by atoms with van der Waals surface area (Å²) >= 11 is 0. The topological polar surface area (TPSA) is 99.9 Å². The molecule has 0 saturated carbocycles. The molecule has 20 heavy (non-hydrogen) atoms. The zero-order valence-corrected chi connectivity index (χ0v) is 11.0. The number of carbonyl (C=O) groups excluding carboxylic acids is 2. The van der Waals surface area contributed by atoms with Crippen molar-refractivity contribution in [3.8, 4) is 0 Å². The number of nitrogens with zero attached hydrogens (tertiary/aromatic N) is 1. The highest BCUT2D eigenvalue weighted by Gasteiger charge is 2.39. The minimum absolute atomic E-state index is 0.0859. The van der Waals surface area contributed by atoms with E-state index in [1.54, 1.807) is 13.0 Å². The Hall–Kier alpha value is -2.31. The van der Waals surface area contributed by atoms with Crippen LogP contribution in [0.1, 0.15) is 23.9 Å². The average molecular weight is 280 g/mol. The fraction of sp³-hybridized carbons (Fsp3) is 0.462. The zero-order valence-electron chi connectivity index (χ0n) is 11.0. The van der Waals surface area contributed by atoms with Crippen LogP contribution in [0, 0.1) is 5.92 Å². The van der Waals surface area contributed by atoms with Gasteiger partial charge >= 0.3 is 5.97 Å². The molecule has 2 rings (SSSR count). The molecule has 0 aliphatic carbocycles. The lowest BCUT2D eigenvalue weighted by molar-refractivity contribution is -0.149. The number of carboxylic acids is 1. The molecule has 0 spiro atoms. The molecule has 0 radical (unpaired) electrons. The molecule has 1 aliphatic heterocycles. The Balaban J connectivity index is 1.92. The molecule has 1 aromatic heterocycles. The molecule has 0 aromatic carbocycles. The molecule has 2 N–H and O–H groups in total. The van der Waals surface area contributed by atoms with Crippen LogP contribution in [-0.2, 0) is 9.59 Å². The second-order valence-electron chi connectivity index (χ2n) is 4.80. The number of furan rings is 1. The largest absolute Gasteiger partial charge is 0.480 e. The van der Waals surface area contributed by atoms with Gasteiger partial charge in [-0.1, -0.05) is 6.92 Å². The number of hydrogen-bond donors (Lipinski definition) is 2. The van der Waals surface area contributed by atoms with Gasteiger partial charge in [0, 0.05) is 6.54 Å². The highest BCUT2D eigenvalue weighted by Crippen LogP contribution is 2.23. The summed E-state index contributed by atoms with van der Waals surface area (Å²) in [5, 5.41) is 11.6. The van der Waals surface area contributed by atoms with E-state index in [4.69, 9.17) is 9.52 Å². The summed E-state index contributed by atoms with van der Waals surface area (Å²) < 4.78 is 4.90. The third-order valence-corrected chi connectivity index (χ3v) is 3.42. The van der Waals surface area contributed by atoms with Gasteiger partial charge in [0.25, 0.3) is 5.91 Å². The van der Waals surface area contributed by atoms with Crippen LogP contribution in [0.3, 0.4) is 0 Å². The normalized spacial score (nSPS) is 21.8. The smallest absolute Gasteiger partial charge is 0.326 e. The highest BCUT2D eigenvalue weighted by atomic mass is 16.4. The van der Waals surface area contributed by atoms with Crippen LogP contribution in [0.2, 0.25) is 0 Å². The van der Waals surface area contributed by atoms with E-state index < -0.39 is 23.8 Å². The molecule has 2 atom stereocenters. The lowest BCUT2D eigenvalue weighted by atomic mass is 10.0. The van der Waals surface area contributed by atoms with Crippen LogP contribution in [0.25, 0.3) is 0 Å². The standard InChI is InChI=1S/C13H16N2O5/c1-8-4-5-15(11(8)13(18)19)10(16)7-14-12(17)9-3-2-6-20-9/h2-3,6,8,11H,4-5,7H2,1H3,(H,14,17)(H,18,19). The van der Waals surface area contributed by atoms with Gasteiger partial charge in [0.15, 0.2) is 5.76 Å². The number of nitrogens with one attached hydrogen (secondary N) is 1. The van der Waals surface area contributed by atoms with Gasteiger partial charge in [0.2, 0.25) is 5.91 Å². The fourth-order valence-electron chi connectivity index (χ4n) is 2.36. The van der Waals surface area contributed by atoms with Crippen LogP contribution in [0.4, 0.5) is 0 Å². The minimum Gasteiger partial charge on any atom is -0.480 e. The van der Waals surface area contributed by atoms with E-state index in [-0.39, 0.29) is 18.2 Å². The van der Waals surface area contributed by atoms with Crippen molar-refractivity contribution < 1.29 is 23.9 Å². The maximum absolute atomic E-state index is 12.0. The van der Waals surface area contributed by atoms with E-state index in [9.17, 15) is 14.4 Å². The maximum atomic E-state index is 12.0. The van der Waals surface area contributed by atoms with Gasteiger partial charge in [0.1, 0.15) is 6.04 Å². The summed E-state index contributed by atoms with van der Waals surface area (Å²) in [5.41, 5.74) is 0. The maximum Gasteiger partial charge on any atom is 0.326 e. The van der Waals surface area contributed by atoms with Gasteiger partial charge in [0.05, 0.1) is 12.8 Å². The summed E-state index contributed by atoms with van der Waals surface area (Å²) in [6.07, 6.45) is 2.01. The summed E-state index contributed by atoms with van der Waals surface area (Å²) in [6.45, 7) is 1.96. The Bertz CT molecular complexity index is 511. The first-order valence-corrected chi connectivity index (χ1v) is 6.34. The van der Waals surface area contributed by atoms with E-state index in [1.165, 1.54) is 17.2 Å². The van der Waals surface area contributed by atoms with Gasteiger partial charge in [-0.3, -0.25) is 9.59 Å². The van der Waals surface area contributed by atoms with E-state index in [2.05, 4.69) is 5.32 Å². The Morgan fingerprint density at radius 3 is 2.85 bits per heavy atom. The van der Waals surface area contributed by atoms with Gasteiger partial charge in [-0.2, -0.15) is 0 Å². The van der Waals surface area contributed by atoms with Gasteiger partial charge < -0.3 is 19.7 Å². The number of carboxylic acid groups (broad SMARTS) is 1. The fourth-order valence-corrected chi connectivity index (χ4v) is 2.36. The third-order valence-electron chi connectivity index (χ3n) is 3.42. The number of likely N-dealkylation sites (tertiary alicyclic amines) is 1. The molecule has 2 unspecified atom stereocenters. The van der Waals surface area contributed by atoms with E-state index in [0.29, 0.717) is 13.0 Å². The molecule has 1 aromatic rings. The monoisotopic (exact) mass is 280 g/mol. The molecule has 7 nitrogen and oxygen atoms in total. The van der Waals surface area contributed by atoms with Crippen molar-refractivity contribution in [3.63, 3.8) is 0 Å². The third kappa shape index (κ3) is 2.81. The summed E-state index contributed by atoms with van der Waals surface area (Å²) in [7, 11) is 0. The lowest BCUT2D eigenvalue weighted by Crippen LogP contribution is -2.47. The number of rotatable bonds is 4. The summed E-state index contributed by atoms with van der Waals surface area (Å²) in [4.78, 5) is 36.1. The number of aliphatic carboxylic acids is 1. The zero-order chi connectivity index (χ0) is 14.7. The van der Waals surface area contributed by atoms with Crippen molar-refractivity contribution >= 4 is 17.8 Å². The molecule has 0 bridgehead atoms. The van der Waals surface area contributed by atoms with Crippen LogP contribution >= 0.6 is 0 Å². The van der Waals surface area contributed by atoms with Gasteiger partial charge in [-0.25, -0.2) is 4.79 Å². The SMILES string of the molecule is CC1CCN(C(=O)CNC(=O)c2ccco2)C1C(=O)O. The Morgan fingerprint density at radius 1 is 1.50 bits per heavy atom. The molecule has 2 heterocycles. The molecule has 2 amide bonds. The second kappa shape index (κ2) is 5.77. The molecule has 1 fully saturated rings. The Morgan fingerprint density at radius 2 is 2.25 bits per heavy atom. The van der Waals surface area contributed by atoms with Crippen LogP contribution < -0.4 is 5.32 Å². The van der Waals surface area contributed by atoms with Gasteiger partial charge in [-0.05, 0) is 24.5 Å². The van der Waals surface area contributed by atoms with Crippen LogP contribution in [0.15, 0.2) is 22.8 Å². The number of amides is 2. The highest BCUT2D eigenvalue weighted by molar-refractivity contribution is 5.94. The molecule has 108 valence electrons. The molecule has 1 saturated heterocycles. The summed E-state index contributed by atoms with van der Waals surface area (Å²) in [5.74, 6) is -1.88. The van der Waals surface area contributed by atoms with Crippen LogP contribution in [0.5, 0.6) is 0 Å². The Labute approximate surface area is 115 Å². The average Bonchev–Trinajstić information content (AvgIpc) is 3.04. The number of hydrogen-bond acceptors (Lipinski definition) is 4. The lowest BCUT2D eigenvalue weighted by Gasteiger charge is -2.23. The first kappa shape index (κ1) is 14.1. The van der Waals surface area contributed by atoms with Crippen molar-refractivity contribution in [1.82, 2.24) is 10.2 Å². The predicted molar refractivity (Wildman–Crippen MR) is 68.0 cm³/mol. The molecular weight excluding hydrogens is 264 g/mol. The first-order valence-electron chi connectivity index (χ1n) is 6.34. The van der Waals surface area contributed by atoms with E-state index in [1.807, 2.05) is 0 Å².